The number of carbonyl (C=O) groups is 2. The number of nitrogens with one attached hydrogen (secondary N) is 1. The Labute approximate surface area is 144 Å². The molecule has 130 valence electrons. The van der Waals surface area contributed by atoms with Gasteiger partial charge < -0.3 is 10.2 Å². The highest BCUT2D eigenvalue weighted by Crippen LogP contribution is 2.29. The van der Waals surface area contributed by atoms with E-state index in [-0.39, 0.29) is 24.4 Å². The predicted molar refractivity (Wildman–Crippen MR) is 90.5 cm³/mol. The number of amides is 2. The van der Waals surface area contributed by atoms with Crippen molar-refractivity contribution in [3.8, 4) is 0 Å². The summed E-state index contributed by atoms with van der Waals surface area (Å²) in [5, 5.41) is 2.50. The fourth-order valence-electron chi connectivity index (χ4n) is 2.94. The van der Waals surface area contributed by atoms with E-state index in [2.05, 4.69) is 5.32 Å². The Kier molecular flexibility index (Phi) is 4.79. The van der Waals surface area contributed by atoms with E-state index < -0.39 is 17.5 Å². The quantitative estimate of drug-likeness (QED) is 0.927. The molecule has 4 nitrogen and oxygen atoms in total. The molecule has 1 aliphatic heterocycles. The molecule has 1 heterocycles. The van der Waals surface area contributed by atoms with Gasteiger partial charge >= 0.3 is 0 Å². The maximum absolute atomic E-state index is 13.6. The summed E-state index contributed by atoms with van der Waals surface area (Å²) in [6, 6.07) is 8.78. The molecule has 0 aromatic heterocycles. The maximum atomic E-state index is 13.6. The van der Waals surface area contributed by atoms with E-state index in [4.69, 9.17) is 0 Å². The SMILES string of the molecule is Cc1ccc2c(c1)N(C(=O)CCNC(=O)c1ccc(F)cc1F)CC2. The standard InChI is InChI=1S/C19H18F2N2O2/c1-12-2-3-13-7-9-23(17(13)10-12)18(24)6-8-22-19(25)15-5-4-14(20)11-16(15)21/h2-5,10-11H,6-9H2,1H3,(H,22,25). The zero-order valence-electron chi connectivity index (χ0n) is 13.8. The summed E-state index contributed by atoms with van der Waals surface area (Å²) < 4.78 is 26.4. The summed E-state index contributed by atoms with van der Waals surface area (Å²) in [5.74, 6) is -2.42. The average Bonchev–Trinajstić information content (AvgIpc) is 2.97. The molecule has 0 fully saturated rings. The molecule has 3 rings (SSSR count). The van der Waals surface area contributed by atoms with Gasteiger partial charge in [0, 0.05) is 31.3 Å². The fourth-order valence-corrected chi connectivity index (χ4v) is 2.94. The van der Waals surface area contributed by atoms with Crippen molar-refractivity contribution in [2.45, 2.75) is 19.8 Å². The van der Waals surface area contributed by atoms with Crippen LogP contribution in [-0.4, -0.2) is 24.9 Å². The molecule has 0 saturated heterocycles. The van der Waals surface area contributed by atoms with E-state index in [1.165, 1.54) is 0 Å². The van der Waals surface area contributed by atoms with Crippen molar-refractivity contribution in [2.24, 2.45) is 0 Å². The number of halogens is 2. The molecular weight excluding hydrogens is 326 g/mol. The first-order valence-electron chi connectivity index (χ1n) is 8.09. The molecule has 1 N–H and O–H groups in total. The number of hydrogen-bond donors (Lipinski definition) is 1. The summed E-state index contributed by atoms with van der Waals surface area (Å²) in [6.07, 6.45) is 0.927. The van der Waals surface area contributed by atoms with Crippen LogP contribution >= 0.6 is 0 Å². The van der Waals surface area contributed by atoms with Crippen molar-refractivity contribution in [2.75, 3.05) is 18.0 Å². The fraction of sp³-hybridized carbons (Fsp3) is 0.263. The molecule has 2 aromatic carbocycles. The number of benzene rings is 2. The number of hydrogen-bond acceptors (Lipinski definition) is 2. The molecule has 0 aliphatic carbocycles. The van der Waals surface area contributed by atoms with Gasteiger partial charge in [-0.15, -0.1) is 0 Å². The molecule has 2 amide bonds. The monoisotopic (exact) mass is 344 g/mol. The van der Waals surface area contributed by atoms with Crippen molar-refractivity contribution < 1.29 is 18.4 Å². The van der Waals surface area contributed by atoms with Crippen LogP contribution < -0.4 is 10.2 Å². The Hall–Kier alpha value is -2.76. The van der Waals surface area contributed by atoms with Crippen molar-refractivity contribution in [1.82, 2.24) is 5.32 Å². The van der Waals surface area contributed by atoms with Crippen molar-refractivity contribution in [3.63, 3.8) is 0 Å². The number of fused-ring (bicyclic) bond motifs is 1. The second-order valence-electron chi connectivity index (χ2n) is 6.06. The highest BCUT2D eigenvalue weighted by Gasteiger charge is 2.24. The Morgan fingerprint density at radius 3 is 2.72 bits per heavy atom. The van der Waals surface area contributed by atoms with Crippen LogP contribution in [0.2, 0.25) is 0 Å². The summed E-state index contributed by atoms with van der Waals surface area (Å²) in [6.45, 7) is 2.68. The predicted octanol–water partition coefficient (Wildman–Crippen LogP) is 2.98. The van der Waals surface area contributed by atoms with Crippen LogP contribution in [0.25, 0.3) is 0 Å². The third-order valence-corrected chi connectivity index (χ3v) is 4.24. The van der Waals surface area contributed by atoms with Gasteiger partial charge in [-0.3, -0.25) is 9.59 Å². The lowest BCUT2D eigenvalue weighted by atomic mass is 10.1. The van der Waals surface area contributed by atoms with Crippen molar-refractivity contribution >= 4 is 17.5 Å². The summed E-state index contributed by atoms with van der Waals surface area (Å²) in [7, 11) is 0. The number of anilines is 1. The van der Waals surface area contributed by atoms with E-state index in [0.717, 1.165) is 35.4 Å². The zero-order chi connectivity index (χ0) is 18.0. The highest BCUT2D eigenvalue weighted by atomic mass is 19.1. The molecule has 0 unspecified atom stereocenters. The summed E-state index contributed by atoms with van der Waals surface area (Å²) in [5.41, 5.74) is 2.90. The van der Waals surface area contributed by atoms with Gasteiger partial charge in [0.05, 0.1) is 5.56 Å². The van der Waals surface area contributed by atoms with Crippen LogP contribution in [0, 0.1) is 18.6 Å². The first kappa shape index (κ1) is 17.1. The van der Waals surface area contributed by atoms with Crippen LogP contribution in [0.1, 0.15) is 27.9 Å². The van der Waals surface area contributed by atoms with Gasteiger partial charge in [0.1, 0.15) is 11.6 Å². The van der Waals surface area contributed by atoms with Crippen LogP contribution in [-0.2, 0) is 11.2 Å². The molecule has 0 radical (unpaired) electrons. The van der Waals surface area contributed by atoms with Gasteiger partial charge in [0.2, 0.25) is 5.91 Å². The van der Waals surface area contributed by atoms with E-state index in [1.54, 1.807) is 4.90 Å². The average molecular weight is 344 g/mol. The van der Waals surface area contributed by atoms with Crippen molar-refractivity contribution in [3.05, 3.63) is 64.7 Å². The van der Waals surface area contributed by atoms with Crippen LogP contribution in [0.15, 0.2) is 36.4 Å². The van der Waals surface area contributed by atoms with E-state index in [0.29, 0.717) is 12.6 Å². The Bertz CT molecular complexity index is 836. The van der Waals surface area contributed by atoms with E-state index in [9.17, 15) is 18.4 Å². The Balaban J connectivity index is 1.57. The number of rotatable bonds is 4. The number of aryl methyl sites for hydroxylation is 1. The second kappa shape index (κ2) is 7.01. The lowest BCUT2D eigenvalue weighted by Gasteiger charge is -2.18. The third kappa shape index (κ3) is 3.68. The largest absolute Gasteiger partial charge is 0.351 e. The molecule has 25 heavy (non-hydrogen) atoms. The first-order valence-corrected chi connectivity index (χ1v) is 8.09. The molecule has 0 bridgehead atoms. The molecule has 6 heteroatoms. The van der Waals surface area contributed by atoms with Gasteiger partial charge in [-0.05, 0) is 42.7 Å². The van der Waals surface area contributed by atoms with Crippen molar-refractivity contribution in [1.29, 1.82) is 0 Å². The minimum Gasteiger partial charge on any atom is -0.351 e. The van der Waals surface area contributed by atoms with E-state index >= 15 is 0 Å². The third-order valence-electron chi connectivity index (χ3n) is 4.24. The van der Waals surface area contributed by atoms with Gasteiger partial charge in [-0.25, -0.2) is 8.78 Å². The molecular formula is C19H18F2N2O2. The van der Waals surface area contributed by atoms with Gasteiger partial charge in [-0.1, -0.05) is 12.1 Å². The van der Waals surface area contributed by atoms with Crippen LogP contribution in [0.5, 0.6) is 0 Å². The number of carbonyl (C=O) groups excluding carboxylic acids is 2. The topological polar surface area (TPSA) is 49.4 Å². The summed E-state index contributed by atoms with van der Waals surface area (Å²) in [4.78, 5) is 26.0. The second-order valence-corrected chi connectivity index (χ2v) is 6.06. The molecule has 2 aromatic rings. The highest BCUT2D eigenvalue weighted by molar-refractivity contribution is 5.97. The molecule has 0 saturated carbocycles. The Morgan fingerprint density at radius 1 is 1.16 bits per heavy atom. The molecule has 0 atom stereocenters. The lowest BCUT2D eigenvalue weighted by molar-refractivity contribution is -0.118. The molecule has 0 spiro atoms. The van der Waals surface area contributed by atoms with Gasteiger partial charge in [0.15, 0.2) is 0 Å². The first-order chi connectivity index (χ1) is 12.0. The Morgan fingerprint density at radius 2 is 1.96 bits per heavy atom. The minimum atomic E-state index is -0.923. The maximum Gasteiger partial charge on any atom is 0.254 e. The minimum absolute atomic E-state index is 0.0894. The molecule has 1 aliphatic rings. The summed E-state index contributed by atoms with van der Waals surface area (Å²) >= 11 is 0. The van der Waals surface area contributed by atoms with Crippen LogP contribution in [0.4, 0.5) is 14.5 Å². The normalized spacial score (nSPS) is 12.8. The van der Waals surface area contributed by atoms with Gasteiger partial charge in [-0.2, -0.15) is 0 Å². The van der Waals surface area contributed by atoms with Gasteiger partial charge in [0.25, 0.3) is 5.91 Å². The zero-order valence-corrected chi connectivity index (χ0v) is 13.8. The van der Waals surface area contributed by atoms with Crippen LogP contribution in [0.3, 0.4) is 0 Å². The number of nitrogens with zero attached hydrogens (tertiary/aromatic N) is 1. The van der Waals surface area contributed by atoms with E-state index in [1.807, 2.05) is 25.1 Å². The smallest absolute Gasteiger partial charge is 0.254 e. The lowest BCUT2D eigenvalue weighted by Crippen LogP contribution is -2.33.